The molecule has 0 atom stereocenters. The molecule has 2 nitrogen and oxygen atoms in total. The van der Waals surface area contributed by atoms with Crippen molar-refractivity contribution in [2.24, 2.45) is 0 Å². The number of ether oxygens (including phenoxy) is 1. The molecule has 3 heteroatoms. The third-order valence-electron chi connectivity index (χ3n) is 1.64. The molecule has 0 heterocycles. The Morgan fingerprint density at radius 3 is 2.67 bits per heavy atom. The molecule has 1 rings (SSSR count). The topological polar surface area (TPSA) is 26.3 Å². The second-order valence-electron chi connectivity index (χ2n) is 2.46. The molecule has 0 saturated heterocycles. The first-order chi connectivity index (χ1) is 5.69. The summed E-state index contributed by atoms with van der Waals surface area (Å²) in [6, 6.07) is 2.67. The van der Waals surface area contributed by atoms with Gasteiger partial charge in [0.1, 0.15) is 11.6 Å². The third-order valence-corrected chi connectivity index (χ3v) is 1.64. The normalized spacial score (nSPS) is 9.58. The van der Waals surface area contributed by atoms with E-state index in [1.54, 1.807) is 6.92 Å². The van der Waals surface area contributed by atoms with E-state index in [-0.39, 0.29) is 11.6 Å². The van der Waals surface area contributed by atoms with Gasteiger partial charge in [0, 0.05) is 6.07 Å². The summed E-state index contributed by atoms with van der Waals surface area (Å²) in [6.07, 6.45) is 0.644. The van der Waals surface area contributed by atoms with Crippen LogP contribution in [0.4, 0.5) is 4.39 Å². The van der Waals surface area contributed by atoms with Crippen molar-refractivity contribution in [1.29, 1.82) is 0 Å². The van der Waals surface area contributed by atoms with Crippen molar-refractivity contribution in [1.82, 2.24) is 0 Å². The maximum Gasteiger partial charge on any atom is 0.153 e. The van der Waals surface area contributed by atoms with Gasteiger partial charge in [-0.2, -0.15) is 0 Å². The highest BCUT2D eigenvalue weighted by Crippen LogP contribution is 2.20. The van der Waals surface area contributed by atoms with Crippen LogP contribution in [0.5, 0.6) is 5.75 Å². The summed E-state index contributed by atoms with van der Waals surface area (Å²) >= 11 is 0. The monoisotopic (exact) mass is 168 g/mol. The van der Waals surface area contributed by atoms with Crippen LogP contribution in [-0.2, 0) is 0 Å². The van der Waals surface area contributed by atoms with E-state index in [0.29, 0.717) is 17.4 Å². The molecular formula is C9H9FO2. The molecule has 0 saturated carbocycles. The largest absolute Gasteiger partial charge is 0.496 e. The van der Waals surface area contributed by atoms with Gasteiger partial charge in [-0.05, 0) is 18.6 Å². The first-order valence-corrected chi connectivity index (χ1v) is 3.48. The van der Waals surface area contributed by atoms with Crippen molar-refractivity contribution >= 4 is 6.29 Å². The number of hydrogen-bond acceptors (Lipinski definition) is 2. The molecule has 64 valence electrons. The van der Waals surface area contributed by atoms with Gasteiger partial charge in [-0.25, -0.2) is 4.39 Å². The summed E-state index contributed by atoms with van der Waals surface area (Å²) in [5.41, 5.74) is 0.814. The summed E-state index contributed by atoms with van der Waals surface area (Å²) < 4.78 is 17.7. The van der Waals surface area contributed by atoms with Crippen molar-refractivity contribution in [3.8, 4) is 5.75 Å². The van der Waals surface area contributed by atoms with Crippen molar-refractivity contribution in [3.63, 3.8) is 0 Å². The Balaban J connectivity index is 3.28. The Bertz CT molecular complexity index is 308. The SMILES string of the molecule is COc1cc(F)c(C)cc1C=O. The number of methoxy groups -OCH3 is 1. The van der Waals surface area contributed by atoms with Crippen LogP contribution in [0.15, 0.2) is 12.1 Å². The maximum absolute atomic E-state index is 12.9. The molecule has 0 radical (unpaired) electrons. The fraction of sp³-hybridized carbons (Fsp3) is 0.222. The number of carbonyl (C=O) groups is 1. The van der Waals surface area contributed by atoms with Crippen LogP contribution in [0.1, 0.15) is 15.9 Å². The minimum atomic E-state index is -0.363. The van der Waals surface area contributed by atoms with Crippen LogP contribution < -0.4 is 4.74 Å². The van der Waals surface area contributed by atoms with E-state index in [9.17, 15) is 9.18 Å². The number of hydrogen-bond donors (Lipinski definition) is 0. The molecule has 1 aromatic rings. The third kappa shape index (κ3) is 1.44. The molecule has 0 bridgehead atoms. The lowest BCUT2D eigenvalue weighted by molar-refractivity contribution is 0.112. The summed E-state index contributed by atoms with van der Waals surface area (Å²) in [7, 11) is 1.40. The number of halogens is 1. The lowest BCUT2D eigenvalue weighted by Crippen LogP contribution is -1.93. The fourth-order valence-corrected chi connectivity index (χ4v) is 0.954. The van der Waals surface area contributed by atoms with Crippen LogP contribution in [0.2, 0.25) is 0 Å². The molecule has 0 fully saturated rings. The van der Waals surface area contributed by atoms with Crippen LogP contribution in [0, 0.1) is 12.7 Å². The minimum Gasteiger partial charge on any atom is -0.496 e. The lowest BCUT2D eigenvalue weighted by Gasteiger charge is -2.04. The summed E-state index contributed by atoms with van der Waals surface area (Å²) in [4.78, 5) is 10.4. The molecule has 1 aromatic carbocycles. The zero-order chi connectivity index (χ0) is 9.14. The van der Waals surface area contributed by atoms with E-state index < -0.39 is 0 Å². The van der Waals surface area contributed by atoms with Gasteiger partial charge in [-0.15, -0.1) is 0 Å². The van der Waals surface area contributed by atoms with E-state index in [2.05, 4.69) is 0 Å². The molecule has 0 spiro atoms. The van der Waals surface area contributed by atoms with Crippen LogP contribution >= 0.6 is 0 Å². The molecular weight excluding hydrogens is 159 g/mol. The summed E-state index contributed by atoms with van der Waals surface area (Å²) in [6.45, 7) is 1.60. The van der Waals surface area contributed by atoms with Crippen molar-refractivity contribution in [2.75, 3.05) is 7.11 Å². The Kier molecular flexibility index (Phi) is 2.43. The van der Waals surface area contributed by atoms with Crippen LogP contribution in [0.25, 0.3) is 0 Å². The van der Waals surface area contributed by atoms with E-state index in [1.807, 2.05) is 0 Å². The van der Waals surface area contributed by atoms with Gasteiger partial charge in [0.15, 0.2) is 6.29 Å². The highest BCUT2D eigenvalue weighted by Gasteiger charge is 2.05. The lowest BCUT2D eigenvalue weighted by atomic mass is 10.1. The Morgan fingerprint density at radius 2 is 2.17 bits per heavy atom. The number of benzene rings is 1. The Labute approximate surface area is 70.0 Å². The molecule has 0 amide bonds. The van der Waals surface area contributed by atoms with Gasteiger partial charge in [-0.3, -0.25) is 4.79 Å². The second kappa shape index (κ2) is 3.34. The number of carbonyl (C=O) groups excluding carboxylic acids is 1. The van der Waals surface area contributed by atoms with Gasteiger partial charge in [0.05, 0.1) is 12.7 Å². The minimum absolute atomic E-state index is 0.271. The molecule has 12 heavy (non-hydrogen) atoms. The molecule has 0 unspecified atom stereocenters. The standard InChI is InChI=1S/C9H9FO2/c1-6-3-7(5-11)9(12-2)4-8(6)10/h3-5H,1-2H3. The maximum atomic E-state index is 12.9. The van der Waals surface area contributed by atoms with Crippen molar-refractivity contribution in [3.05, 3.63) is 29.1 Å². The number of aldehydes is 1. The highest BCUT2D eigenvalue weighted by molar-refractivity contribution is 5.79. The van der Waals surface area contributed by atoms with E-state index >= 15 is 0 Å². The van der Waals surface area contributed by atoms with Crippen molar-refractivity contribution in [2.45, 2.75) is 6.92 Å². The van der Waals surface area contributed by atoms with E-state index in [4.69, 9.17) is 4.74 Å². The van der Waals surface area contributed by atoms with Crippen LogP contribution in [0.3, 0.4) is 0 Å². The quantitative estimate of drug-likeness (QED) is 0.631. The van der Waals surface area contributed by atoms with Crippen molar-refractivity contribution < 1.29 is 13.9 Å². The molecule has 0 aliphatic heterocycles. The highest BCUT2D eigenvalue weighted by atomic mass is 19.1. The van der Waals surface area contributed by atoms with Gasteiger partial charge in [0.25, 0.3) is 0 Å². The molecule has 0 aliphatic rings. The van der Waals surface area contributed by atoms with Gasteiger partial charge >= 0.3 is 0 Å². The Hall–Kier alpha value is -1.38. The van der Waals surface area contributed by atoms with Gasteiger partial charge < -0.3 is 4.74 Å². The predicted molar refractivity (Wildman–Crippen MR) is 43.1 cm³/mol. The average Bonchev–Trinajstić information content (AvgIpc) is 2.09. The zero-order valence-corrected chi connectivity index (χ0v) is 6.93. The van der Waals surface area contributed by atoms with Gasteiger partial charge in [0.2, 0.25) is 0 Å². The summed E-state index contributed by atoms with van der Waals surface area (Å²) in [5, 5.41) is 0. The number of aryl methyl sites for hydroxylation is 1. The van der Waals surface area contributed by atoms with Gasteiger partial charge in [-0.1, -0.05) is 0 Å². The first kappa shape index (κ1) is 8.71. The first-order valence-electron chi connectivity index (χ1n) is 3.48. The average molecular weight is 168 g/mol. The molecule has 0 aromatic heterocycles. The smallest absolute Gasteiger partial charge is 0.153 e. The van der Waals surface area contributed by atoms with E-state index in [1.165, 1.54) is 19.2 Å². The fourth-order valence-electron chi connectivity index (χ4n) is 0.954. The van der Waals surface area contributed by atoms with E-state index in [0.717, 1.165) is 0 Å². The summed E-state index contributed by atoms with van der Waals surface area (Å²) in [5.74, 6) is -0.0921. The predicted octanol–water partition coefficient (Wildman–Crippen LogP) is 1.96. The molecule has 0 aliphatic carbocycles. The zero-order valence-electron chi connectivity index (χ0n) is 6.93. The second-order valence-corrected chi connectivity index (χ2v) is 2.46. The number of rotatable bonds is 2. The Morgan fingerprint density at radius 1 is 1.50 bits per heavy atom. The van der Waals surface area contributed by atoms with Crippen LogP contribution in [-0.4, -0.2) is 13.4 Å². The molecule has 0 N–H and O–H groups in total.